The van der Waals surface area contributed by atoms with Crippen molar-refractivity contribution in [1.29, 1.82) is 0 Å². The minimum Gasteiger partial charge on any atom is -0.449 e. The van der Waals surface area contributed by atoms with Crippen molar-refractivity contribution in [2.45, 2.75) is 25.0 Å². The smallest absolute Gasteiger partial charge is 0.407 e. The van der Waals surface area contributed by atoms with Crippen LogP contribution in [0.2, 0.25) is 0 Å². The molecule has 2 aromatic carbocycles. The molecule has 4 rings (SSSR count). The zero-order valence-corrected chi connectivity index (χ0v) is 17.6. The van der Waals surface area contributed by atoms with Crippen LogP contribution in [0, 0.1) is 0 Å². The van der Waals surface area contributed by atoms with E-state index < -0.39 is 11.7 Å². The first-order chi connectivity index (χ1) is 13.9. The molecule has 0 saturated heterocycles. The van der Waals surface area contributed by atoms with Gasteiger partial charge in [-0.25, -0.2) is 4.79 Å². The molecule has 2 N–H and O–H groups in total. The Kier molecular flexibility index (Phi) is 5.43. The van der Waals surface area contributed by atoms with E-state index >= 15 is 0 Å². The first-order valence-electron chi connectivity index (χ1n) is 9.42. The number of aliphatic hydroxyl groups is 1. The Morgan fingerprint density at radius 2 is 1.83 bits per heavy atom. The number of amides is 1. The average molecular weight is 456 g/mol. The second-order valence-electron chi connectivity index (χ2n) is 7.53. The summed E-state index contributed by atoms with van der Waals surface area (Å²) in [6, 6.07) is 16.4. The quantitative estimate of drug-likeness (QED) is 0.590. The van der Waals surface area contributed by atoms with Crippen molar-refractivity contribution < 1.29 is 14.6 Å². The largest absolute Gasteiger partial charge is 0.449 e. The normalized spacial score (nSPS) is 14.7. The Morgan fingerprint density at radius 3 is 2.41 bits per heavy atom. The molecule has 1 aliphatic carbocycles. The van der Waals surface area contributed by atoms with Crippen LogP contribution in [0.25, 0.3) is 11.1 Å². The van der Waals surface area contributed by atoms with Gasteiger partial charge in [-0.3, -0.25) is 4.68 Å². The van der Waals surface area contributed by atoms with E-state index in [2.05, 4.69) is 50.6 Å². The number of hydrogen-bond acceptors (Lipinski definition) is 4. The average Bonchev–Trinajstić information content (AvgIpc) is 3.25. The highest BCUT2D eigenvalue weighted by Crippen LogP contribution is 2.44. The Morgan fingerprint density at radius 1 is 1.21 bits per heavy atom. The summed E-state index contributed by atoms with van der Waals surface area (Å²) in [4.78, 5) is 12.3. The number of halogens is 1. The molecule has 1 unspecified atom stereocenters. The first kappa shape index (κ1) is 19.7. The first-order valence-corrected chi connectivity index (χ1v) is 10.2. The van der Waals surface area contributed by atoms with Gasteiger partial charge in [0.25, 0.3) is 0 Å². The van der Waals surface area contributed by atoms with E-state index in [0.717, 1.165) is 15.6 Å². The molecule has 0 bridgehead atoms. The molecule has 1 aliphatic rings. The maximum absolute atomic E-state index is 12.3. The van der Waals surface area contributed by atoms with Gasteiger partial charge < -0.3 is 15.2 Å². The van der Waals surface area contributed by atoms with Gasteiger partial charge in [-0.05, 0) is 45.1 Å². The van der Waals surface area contributed by atoms with E-state index in [4.69, 9.17) is 4.74 Å². The van der Waals surface area contributed by atoms with Crippen molar-refractivity contribution in [3.8, 4) is 11.1 Å². The lowest BCUT2D eigenvalue weighted by Gasteiger charge is -2.23. The van der Waals surface area contributed by atoms with Gasteiger partial charge in [-0.15, -0.1) is 0 Å². The molecule has 1 atom stereocenters. The van der Waals surface area contributed by atoms with Gasteiger partial charge in [0.15, 0.2) is 0 Å². The molecule has 7 heteroatoms. The molecule has 0 fully saturated rings. The number of alkyl carbamates (subject to hydrolysis) is 1. The van der Waals surface area contributed by atoms with Gasteiger partial charge in [0.1, 0.15) is 6.61 Å². The number of rotatable bonds is 6. The number of ether oxygens (including phenoxy) is 1. The molecule has 29 heavy (non-hydrogen) atoms. The topological polar surface area (TPSA) is 76.4 Å². The summed E-state index contributed by atoms with van der Waals surface area (Å²) in [6.45, 7) is 2.20. The Balaban J connectivity index is 1.35. The Labute approximate surface area is 177 Å². The molecule has 0 radical (unpaired) electrons. The number of nitrogens with one attached hydrogen (secondary N) is 1. The Hall–Kier alpha value is -2.64. The van der Waals surface area contributed by atoms with Gasteiger partial charge in [0.05, 0.1) is 29.4 Å². The van der Waals surface area contributed by atoms with E-state index in [1.165, 1.54) is 11.1 Å². The van der Waals surface area contributed by atoms with Crippen molar-refractivity contribution in [1.82, 2.24) is 15.1 Å². The summed E-state index contributed by atoms with van der Waals surface area (Å²) < 4.78 is 7.94. The molecule has 1 aromatic heterocycles. The van der Waals surface area contributed by atoms with Crippen LogP contribution in [0.4, 0.5) is 4.79 Å². The lowest BCUT2D eigenvalue weighted by molar-refractivity contribution is 0.0363. The molecular weight excluding hydrogens is 434 g/mol. The van der Waals surface area contributed by atoms with Crippen molar-refractivity contribution >= 4 is 22.0 Å². The zero-order chi connectivity index (χ0) is 20.4. The van der Waals surface area contributed by atoms with Crippen LogP contribution in [-0.2, 0) is 11.3 Å². The highest BCUT2D eigenvalue weighted by Gasteiger charge is 2.29. The van der Waals surface area contributed by atoms with Gasteiger partial charge in [0, 0.05) is 12.1 Å². The lowest BCUT2D eigenvalue weighted by Crippen LogP contribution is -2.44. The predicted octanol–water partition coefficient (Wildman–Crippen LogP) is 3.94. The fourth-order valence-corrected chi connectivity index (χ4v) is 4.07. The van der Waals surface area contributed by atoms with E-state index in [1.807, 2.05) is 24.3 Å². The summed E-state index contributed by atoms with van der Waals surface area (Å²) in [7, 11) is 0. The van der Waals surface area contributed by atoms with Crippen molar-refractivity contribution in [3.63, 3.8) is 0 Å². The molecule has 1 heterocycles. The number of fused-ring (bicyclic) bond motifs is 3. The van der Waals surface area contributed by atoms with Crippen molar-refractivity contribution in [3.05, 3.63) is 76.5 Å². The number of carbonyl (C=O) groups is 1. The van der Waals surface area contributed by atoms with Crippen LogP contribution in [0.3, 0.4) is 0 Å². The lowest BCUT2D eigenvalue weighted by atomic mass is 9.98. The van der Waals surface area contributed by atoms with Gasteiger partial charge in [0.2, 0.25) is 0 Å². The summed E-state index contributed by atoms with van der Waals surface area (Å²) >= 11 is 3.32. The summed E-state index contributed by atoms with van der Waals surface area (Å²) in [6.07, 6.45) is 2.87. The third kappa shape index (κ3) is 4.36. The molecule has 6 nitrogen and oxygen atoms in total. The van der Waals surface area contributed by atoms with E-state index in [-0.39, 0.29) is 25.6 Å². The van der Waals surface area contributed by atoms with E-state index in [9.17, 15) is 9.90 Å². The number of hydrogen-bond donors (Lipinski definition) is 2. The molecule has 0 spiro atoms. The van der Waals surface area contributed by atoms with Crippen LogP contribution < -0.4 is 5.32 Å². The number of nitrogens with zero attached hydrogens (tertiary/aromatic N) is 2. The second-order valence-corrected chi connectivity index (χ2v) is 8.45. The molecule has 1 amide bonds. The van der Waals surface area contributed by atoms with Crippen molar-refractivity contribution in [2.24, 2.45) is 0 Å². The van der Waals surface area contributed by atoms with Crippen LogP contribution in [0.15, 0.2) is 65.4 Å². The fraction of sp³-hybridized carbons (Fsp3) is 0.273. The molecular formula is C22H22BrN3O3. The van der Waals surface area contributed by atoms with Gasteiger partial charge in [-0.2, -0.15) is 5.10 Å². The van der Waals surface area contributed by atoms with Crippen molar-refractivity contribution in [2.75, 3.05) is 13.2 Å². The highest BCUT2D eigenvalue weighted by molar-refractivity contribution is 9.10. The van der Waals surface area contributed by atoms with Crippen LogP contribution in [0.1, 0.15) is 24.0 Å². The molecule has 3 aromatic rings. The maximum Gasteiger partial charge on any atom is 0.407 e. The SMILES string of the molecule is CC(O)(CNC(=O)OCC1c2ccccc2-c2ccccc21)Cn1cc(Br)cn1. The highest BCUT2D eigenvalue weighted by atomic mass is 79.9. The standard InChI is InChI=1S/C22H22BrN3O3/c1-22(28,14-26-11-15(23)10-25-26)13-24-21(27)29-12-20-18-8-4-2-6-16(18)17-7-3-5-9-19(17)20/h2-11,20,28H,12-14H2,1H3,(H,24,27). The maximum atomic E-state index is 12.3. The number of aromatic nitrogens is 2. The summed E-state index contributed by atoms with van der Waals surface area (Å²) in [5.41, 5.74) is 3.54. The predicted molar refractivity (Wildman–Crippen MR) is 114 cm³/mol. The second kappa shape index (κ2) is 8.00. The van der Waals surface area contributed by atoms with E-state index in [1.54, 1.807) is 24.0 Å². The zero-order valence-electron chi connectivity index (χ0n) is 16.0. The van der Waals surface area contributed by atoms with Gasteiger partial charge in [-0.1, -0.05) is 48.5 Å². The molecule has 0 saturated carbocycles. The third-order valence-electron chi connectivity index (χ3n) is 5.06. The van der Waals surface area contributed by atoms with Gasteiger partial charge >= 0.3 is 6.09 Å². The monoisotopic (exact) mass is 455 g/mol. The molecule has 0 aliphatic heterocycles. The minimum absolute atomic E-state index is 0.00934. The summed E-state index contributed by atoms with van der Waals surface area (Å²) in [5, 5.41) is 17.3. The van der Waals surface area contributed by atoms with Crippen LogP contribution in [-0.4, -0.2) is 39.7 Å². The third-order valence-corrected chi connectivity index (χ3v) is 5.47. The fourth-order valence-electron chi connectivity index (χ4n) is 3.74. The number of carbonyl (C=O) groups excluding carboxylic acids is 1. The number of benzene rings is 2. The minimum atomic E-state index is -1.16. The van der Waals surface area contributed by atoms with Crippen LogP contribution in [0.5, 0.6) is 0 Å². The van der Waals surface area contributed by atoms with Crippen LogP contribution >= 0.6 is 15.9 Å². The molecule has 150 valence electrons. The summed E-state index contributed by atoms with van der Waals surface area (Å²) in [5.74, 6) is 0.00934. The Bertz CT molecular complexity index is 986. The van der Waals surface area contributed by atoms with E-state index in [0.29, 0.717) is 0 Å².